The molecule has 0 aliphatic rings. The Hall–Kier alpha value is 0.323. The summed E-state index contributed by atoms with van der Waals surface area (Å²) in [5.74, 6) is 0. The van der Waals surface area contributed by atoms with E-state index in [1.54, 1.807) is 0 Å². The van der Waals surface area contributed by atoms with E-state index in [4.69, 9.17) is 0 Å². The van der Waals surface area contributed by atoms with Crippen molar-refractivity contribution in [3.8, 4) is 0 Å². The van der Waals surface area contributed by atoms with E-state index in [0.29, 0.717) is 0 Å². The molecule has 0 N–H and O–H groups in total. The molecule has 1 aromatic rings. The zero-order valence-electron chi connectivity index (χ0n) is 6.13. The standard InChI is InChI=1S/C8H9.BrH.Zn/c1-2-8-6-4-3-5-7-8;;/h3-6H,2H2,1H3;1H;. The van der Waals surface area contributed by atoms with Crippen LogP contribution in [0, 0.1) is 0 Å². The van der Waals surface area contributed by atoms with E-state index in [1.165, 1.54) is 34.4 Å². The Bertz CT molecular complexity index is 198. The van der Waals surface area contributed by atoms with E-state index in [-0.39, 0.29) is 17.0 Å². The third-order valence-corrected chi connectivity index (χ3v) is 2.95. The molecule has 51 valence electrons. The fraction of sp³-hybridized carbons (Fsp3) is 0.250. The van der Waals surface area contributed by atoms with Gasteiger partial charge in [-0.25, -0.2) is 0 Å². The van der Waals surface area contributed by atoms with Crippen LogP contribution in [-0.4, -0.2) is 0 Å². The topological polar surface area (TPSA) is 0 Å². The summed E-state index contributed by atoms with van der Waals surface area (Å²) >= 11 is 1.28. The number of hydrogen-bond acceptors (Lipinski definition) is 0. The van der Waals surface area contributed by atoms with Crippen LogP contribution in [0.5, 0.6) is 0 Å². The Morgan fingerprint density at radius 1 is 1.30 bits per heavy atom. The number of halogens is 1. The molecule has 0 bridgehead atoms. The average molecular weight is 251 g/mol. The van der Waals surface area contributed by atoms with E-state index in [9.17, 15) is 0 Å². The summed E-state index contributed by atoms with van der Waals surface area (Å²) < 4.78 is 1.53. The molecule has 2 heteroatoms. The van der Waals surface area contributed by atoms with Crippen molar-refractivity contribution < 1.29 is 18.3 Å². The first-order valence-electron chi connectivity index (χ1n) is 3.24. The third-order valence-electron chi connectivity index (χ3n) is 1.50. The van der Waals surface area contributed by atoms with Gasteiger partial charge in [0.05, 0.1) is 0 Å². The molecule has 1 rings (SSSR count). The summed E-state index contributed by atoms with van der Waals surface area (Å²) in [5.41, 5.74) is 1.51. The van der Waals surface area contributed by atoms with Gasteiger partial charge in [0.25, 0.3) is 0 Å². The van der Waals surface area contributed by atoms with Gasteiger partial charge in [-0.1, -0.05) is 0 Å². The Morgan fingerprint density at radius 2 is 1.90 bits per heavy atom. The van der Waals surface area contributed by atoms with Gasteiger partial charge >= 0.3 is 65.6 Å². The first kappa shape index (κ1) is 10.3. The van der Waals surface area contributed by atoms with Gasteiger partial charge in [0.15, 0.2) is 0 Å². The second-order valence-electron chi connectivity index (χ2n) is 2.12. The van der Waals surface area contributed by atoms with Crippen molar-refractivity contribution in [3.63, 3.8) is 0 Å². The monoisotopic (exact) mass is 249 g/mol. The Balaban J connectivity index is 0.000000810. The Labute approximate surface area is 82.5 Å². The molecule has 0 atom stereocenters. The van der Waals surface area contributed by atoms with E-state index >= 15 is 0 Å². The first-order valence-corrected chi connectivity index (χ1v) is 4.73. The van der Waals surface area contributed by atoms with E-state index < -0.39 is 0 Å². The minimum absolute atomic E-state index is 0. The van der Waals surface area contributed by atoms with Gasteiger partial charge in [-0.2, -0.15) is 0 Å². The zero-order valence-corrected chi connectivity index (χ0v) is 10.8. The Kier molecular flexibility index (Phi) is 5.20. The molecule has 0 radical (unpaired) electrons. The maximum atomic E-state index is 2.21. The predicted octanol–water partition coefficient (Wildman–Crippen LogP) is 2.00. The number of hydrogen-bond donors (Lipinski definition) is 0. The second-order valence-corrected chi connectivity index (χ2v) is 3.72. The summed E-state index contributed by atoms with van der Waals surface area (Å²) in [4.78, 5) is 0. The van der Waals surface area contributed by atoms with Crippen LogP contribution in [0.15, 0.2) is 24.3 Å². The molecule has 0 heterocycles. The van der Waals surface area contributed by atoms with Crippen molar-refractivity contribution in [2.45, 2.75) is 13.3 Å². The van der Waals surface area contributed by atoms with E-state index in [0.717, 1.165) is 0 Å². The van der Waals surface area contributed by atoms with Crippen molar-refractivity contribution in [1.82, 2.24) is 0 Å². The van der Waals surface area contributed by atoms with Gasteiger partial charge in [-0.3, -0.25) is 0 Å². The summed E-state index contributed by atoms with van der Waals surface area (Å²) in [6, 6.07) is 8.63. The molecule has 0 nitrogen and oxygen atoms in total. The zero-order chi connectivity index (χ0) is 6.69. The molecule has 1 aromatic carbocycles. The van der Waals surface area contributed by atoms with Crippen LogP contribution in [0.1, 0.15) is 12.5 Å². The van der Waals surface area contributed by atoms with Gasteiger partial charge in [-0.05, 0) is 0 Å². The van der Waals surface area contributed by atoms with Crippen molar-refractivity contribution in [1.29, 1.82) is 0 Å². The number of rotatable bonds is 1. The van der Waals surface area contributed by atoms with E-state index in [2.05, 4.69) is 31.2 Å². The van der Waals surface area contributed by atoms with Gasteiger partial charge in [0.2, 0.25) is 0 Å². The molecule has 0 saturated carbocycles. The normalized spacial score (nSPS) is 8.70. The molecule has 0 amide bonds. The molecule has 0 aliphatic carbocycles. The van der Waals surface area contributed by atoms with Crippen LogP contribution < -0.4 is 4.16 Å². The Morgan fingerprint density at radius 3 is 2.30 bits per heavy atom. The molecule has 0 unspecified atom stereocenters. The molecule has 0 saturated heterocycles. The third kappa shape index (κ3) is 2.51. The molecule has 0 fully saturated rings. The fourth-order valence-electron chi connectivity index (χ4n) is 0.902. The quantitative estimate of drug-likeness (QED) is 0.670. The van der Waals surface area contributed by atoms with Crippen molar-refractivity contribution in [2.24, 2.45) is 0 Å². The van der Waals surface area contributed by atoms with Crippen LogP contribution in [0.4, 0.5) is 0 Å². The average Bonchev–Trinajstić information content (AvgIpc) is 1.89. The van der Waals surface area contributed by atoms with Crippen LogP contribution in [-0.2, 0) is 24.7 Å². The van der Waals surface area contributed by atoms with Gasteiger partial charge < -0.3 is 0 Å². The summed E-state index contributed by atoms with van der Waals surface area (Å²) in [6.45, 7) is 2.20. The summed E-state index contributed by atoms with van der Waals surface area (Å²) in [5, 5.41) is 0. The van der Waals surface area contributed by atoms with Gasteiger partial charge in [-0.15, -0.1) is 17.0 Å². The predicted molar refractivity (Wildman–Crippen MR) is 45.8 cm³/mol. The summed E-state index contributed by atoms with van der Waals surface area (Å²) in [7, 11) is 0. The summed E-state index contributed by atoms with van der Waals surface area (Å²) in [6.07, 6.45) is 1.18. The number of benzene rings is 1. The molecule has 0 aromatic heterocycles. The minimum atomic E-state index is 0. The maximum absolute atomic E-state index is 2.21. The number of aryl methyl sites for hydroxylation is 1. The van der Waals surface area contributed by atoms with Crippen LogP contribution >= 0.6 is 17.0 Å². The molecule has 10 heavy (non-hydrogen) atoms. The van der Waals surface area contributed by atoms with Crippen LogP contribution in [0.2, 0.25) is 0 Å². The molecular formula is C8H10BrZn. The van der Waals surface area contributed by atoms with Crippen molar-refractivity contribution in [2.75, 3.05) is 0 Å². The SMILES string of the molecule is Br.CCc1cccc[c]1[Zn]. The van der Waals surface area contributed by atoms with Crippen molar-refractivity contribution >= 4 is 21.1 Å². The van der Waals surface area contributed by atoms with E-state index in [1.807, 2.05) is 0 Å². The van der Waals surface area contributed by atoms with Crippen LogP contribution in [0.25, 0.3) is 0 Å². The first-order chi connectivity index (χ1) is 4.34. The molecule has 0 spiro atoms. The van der Waals surface area contributed by atoms with Gasteiger partial charge in [0.1, 0.15) is 0 Å². The fourth-order valence-corrected chi connectivity index (χ4v) is 1.96. The van der Waals surface area contributed by atoms with Crippen LogP contribution in [0.3, 0.4) is 0 Å². The molecule has 0 aliphatic heterocycles. The van der Waals surface area contributed by atoms with Crippen molar-refractivity contribution in [3.05, 3.63) is 29.8 Å². The van der Waals surface area contributed by atoms with Gasteiger partial charge in [0, 0.05) is 0 Å². The molecular weight excluding hydrogens is 241 g/mol. The second kappa shape index (κ2) is 5.04.